The molecule has 1 heterocycles. The molecular formula is C14H14N2O3. The minimum Gasteiger partial charge on any atom is -0.480 e. The first-order chi connectivity index (χ1) is 8.99. The van der Waals surface area contributed by atoms with Gasteiger partial charge in [0, 0.05) is 11.1 Å². The van der Waals surface area contributed by atoms with Crippen molar-refractivity contribution in [2.75, 3.05) is 0 Å². The second kappa shape index (κ2) is 5.06. The van der Waals surface area contributed by atoms with Crippen LogP contribution in [0.5, 0.6) is 0 Å². The first-order valence-corrected chi connectivity index (χ1v) is 5.89. The summed E-state index contributed by atoms with van der Waals surface area (Å²) in [6.45, 7) is 3.21. The van der Waals surface area contributed by atoms with Gasteiger partial charge in [-0.15, -0.1) is 0 Å². The van der Waals surface area contributed by atoms with Gasteiger partial charge in [0.05, 0.1) is 0 Å². The van der Waals surface area contributed by atoms with Gasteiger partial charge in [0.2, 0.25) is 0 Å². The number of nitrogens with one attached hydrogen (secondary N) is 1. The van der Waals surface area contributed by atoms with Crippen LogP contribution < -0.4 is 5.32 Å². The fourth-order valence-electron chi connectivity index (χ4n) is 1.83. The third kappa shape index (κ3) is 2.70. The van der Waals surface area contributed by atoms with Crippen molar-refractivity contribution in [3.63, 3.8) is 0 Å². The van der Waals surface area contributed by atoms with Gasteiger partial charge in [-0.25, -0.2) is 4.98 Å². The summed E-state index contributed by atoms with van der Waals surface area (Å²) in [5, 5.41) is 12.8. The van der Waals surface area contributed by atoms with Crippen molar-refractivity contribution >= 4 is 22.6 Å². The number of aliphatic carboxylic acids is 1. The highest BCUT2D eigenvalue weighted by atomic mass is 16.4. The molecule has 0 bridgehead atoms. The van der Waals surface area contributed by atoms with E-state index < -0.39 is 17.9 Å². The van der Waals surface area contributed by atoms with Crippen LogP contribution in [-0.4, -0.2) is 28.0 Å². The maximum absolute atomic E-state index is 12.1. The van der Waals surface area contributed by atoms with Gasteiger partial charge >= 0.3 is 5.97 Å². The second-order valence-corrected chi connectivity index (χ2v) is 4.37. The zero-order valence-corrected chi connectivity index (χ0v) is 10.7. The van der Waals surface area contributed by atoms with E-state index >= 15 is 0 Å². The van der Waals surface area contributed by atoms with Crippen LogP contribution in [0.4, 0.5) is 0 Å². The number of fused-ring (bicyclic) bond motifs is 1. The first kappa shape index (κ1) is 13.0. The molecule has 2 aromatic rings. The third-order valence-corrected chi connectivity index (χ3v) is 2.80. The minimum absolute atomic E-state index is 0.253. The van der Waals surface area contributed by atoms with Gasteiger partial charge in [0.25, 0.3) is 5.91 Å². The van der Waals surface area contributed by atoms with E-state index in [4.69, 9.17) is 5.11 Å². The number of carboxylic acids is 1. The standard InChI is InChI=1S/C14H14N2O3/c1-8-7-10-5-3-4-6-11(10)12(15-8)13(17)16-9(2)14(18)19/h3-7,9H,1-2H3,(H,16,17)(H,18,19). The molecule has 5 nitrogen and oxygen atoms in total. The Morgan fingerprint density at radius 1 is 1.32 bits per heavy atom. The number of hydrogen-bond acceptors (Lipinski definition) is 3. The van der Waals surface area contributed by atoms with Gasteiger partial charge in [-0.05, 0) is 25.3 Å². The fourth-order valence-corrected chi connectivity index (χ4v) is 1.83. The Morgan fingerprint density at radius 2 is 2.00 bits per heavy atom. The Balaban J connectivity index is 2.44. The fraction of sp³-hybridized carbons (Fsp3) is 0.214. The summed E-state index contributed by atoms with van der Waals surface area (Å²) in [7, 11) is 0. The summed E-state index contributed by atoms with van der Waals surface area (Å²) in [5.74, 6) is -1.56. The quantitative estimate of drug-likeness (QED) is 0.879. The molecule has 19 heavy (non-hydrogen) atoms. The predicted octanol–water partition coefficient (Wildman–Crippen LogP) is 1.75. The molecule has 1 unspecified atom stereocenters. The summed E-state index contributed by atoms with van der Waals surface area (Å²) in [6.07, 6.45) is 0. The van der Waals surface area contributed by atoms with Crippen LogP contribution in [0.15, 0.2) is 30.3 Å². The minimum atomic E-state index is -1.08. The van der Waals surface area contributed by atoms with E-state index in [0.29, 0.717) is 11.1 Å². The topological polar surface area (TPSA) is 79.3 Å². The summed E-state index contributed by atoms with van der Waals surface area (Å²) in [6, 6.07) is 8.31. The first-order valence-electron chi connectivity index (χ1n) is 5.89. The molecule has 0 saturated heterocycles. The SMILES string of the molecule is Cc1cc2ccccc2c(C(=O)NC(C)C(=O)O)n1. The van der Waals surface area contributed by atoms with E-state index in [1.165, 1.54) is 6.92 Å². The molecule has 0 aliphatic rings. The molecule has 1 atom stereocenters. The molecule has 2 N–H and O–H groups in total. The molecule has 1 aromatic carbocycles. The summed E-state index contributed by atoms with van der Waals surface area (Å²) >= 11 is 0. The van der Waals surface area contributed by atoms with Gasteiger partial charge in [-0.2, -0.15) is 0 Å². The number of benzene rings is 1. The molecule has 2 rings (SSSR count). The Morgan fingerprint density at radius 3 is 2.68 bits per heavy atom. The monoisotopic (exact) mass is 258 g/mol. The number of hydrogen-bond donors (Lipinski definition) is 2. The number of carbonyl (C=O) groups excluding carboxylic acids is 1. The molecule has 98 valence electrons. The largest absolute Gasteiger partial charge is 0.480 e. The molecule has 0 fully saturated rings. The van der Waals surface area contributed by atoms with Crippen molar-refractivity contribution in [2.24, 2.45) is 0 Å². The lowest BCUT2D eigenvalue weighted by Crippen LogP contribution is -2.38. The molecule has 1 aromatic heterocycles. The molecule has 0 spiro atoms. The van der Waals surface area contributed by atoms with Gasteiger partial charge in [0.15, 0.2) is 0 Å². The van der Waals surface area contributed by atoms with Crippen LogP contribution in [0.1, 0.15) is 23.1 Å². The molecule has 0 saturated carbocycles. The van der Waals surface area contributed by atoms with E-state index in [1.807, 2.05) is 24.3 Å². The van der Waals surface area contributed by atoms with Crippen molar-refractivity contribution in [3.8, 4) is 0 Å². The predicted molar refractivity (Wildman–Crippen MR) is 71.0 cm³/mol. The lowest BCUT2D eigenvalue weighted by atomic mass is 10.1. The van der Waals surface area contributed by atoms with Crippen molar-refractivity contribution in [2.45, 2.75) is 19.9 Å². The van der Waals surface area contributed by atoms with Crippen LogP contribution in [-0.2, 0) is 4.79 Å². The highest BCUT2D eigenvalue weighted by Crippen LogP contribution is 2.18. The Kier molecular flexibility index (Phi) is 3.46. The van der Waals surface area contributed by atoms with Crippen LogP contribution in [0.25, 0.3) is 10.8 Å². The Labute approximate surface area is 110 Å². The van der Waals surface area contributed by atoms with E-state index in [9.17, 15) is 9.59 Å². The second-order valence-electron chi connectivity index (χ2n) is 4.37. The van der Waals surface area contributed by atoms with Crippen molar-refractivity contribution in [1.29, 1.82) is 0 Å². The van der Waals surface area contributed by atoms with Crippen LogP contribution in [0.3, 0.4) is 0 Å². The van der Waals surface area contributed by atoms with Crippen molar-refractivity contribution in [3.05, 3.63) is 41.7 Å². The Bertz CT molecular complexity index is 652. The van der Waals surface area contributed by atoms with E-state index in [1.54, 1.807) is 13.0 Å². The summed E-state index contributed by atoms with van der Waals surface area (Å²) in [5.41, 5.74) is 0.968. The number of pyridine rings is 1. The maximum Gasteiger partial charge on any atom is 0.325 e. The molecule has 0 aliphatic carbocycles. The molecular weight excluding hydrogens is 244 g/mol. The average Bonchev–Trinajstić information content (AvgIpc) is 2.37. The number of nitrogens with zero attached hydrogens (tertiary/aromatic N) is 1. The molecule has 1 amide bonds. The number of rotatable bonds is 3. The van der Waals surface area contributed by atoms with E-state index in [-0.39, 0.29) is 5.69 Å². The third-order valence-electron chi connectivity index (χ3n) is 2.80. The highest BCUT2D eigenvalue weighted by molar-refractivity contribution is 6.06. The zero-order valence-electron chi connectivity index (χ0n) is 10.7. The highest BCUT2D eigenvalue weighted by Gasteiger charge is 2.18. The maximum atomic E-state index is 12.1. The zero-order chi connectivity index (χ0) is 14.0. The lowest BCUT2D eigenvalue weighted by molar-refractivity contribution is -0.138. The smallest absolute Gasteiger partial charge is 0.325 e. The van der Waals surface area contributed by atoms with Crippen LogP contribution in [0, 0.1) is 6.92 Å². The number of aromatic nitrogens is 1. The van der Waals surface area contributed by atoms with Crippen molar-refractivity contribution in [1.82, 2.24) is 10.3 Å². The van der Waals surface area contributed by atoms with Gasteiger partial charge in [-0.1, -0.05) is 24.3 Å². The number of aryl methyl sites for hydroxylation is 1. The van der Waals surface area contributed by atoms with Gasteiger partial charge < -0.3 is 10.4 Å². The van der Waals surface area contributed by atoms with E-state index in [2.05, 4.69) is 10.3 Å². The van der Waals surface area contributed by atoms with Gasteiger partial charge in [0.1, 0.15) is 11.7 Å². The van der Waals surface area contributed by atoms with Crippen molar-refractivity contribution < 1.29 is 14.7 Å². The number of carboxylic acid groups (broad SMARTS) is 1. The number of carbonyl (C=O) groups is 2. The van der Waals surface area contributed by atoms with Crippen LogP contribution in [0.2, 0.25) is 0 Å². The van der Waals surface area contributed by atoms with Crippen LogP contribution >= 0.6 is 0 Å². The lowest BCUT2D eigenvalue weighted by Gasteiger charge is -2.11. The summed E-state index contributed by atoms with van der Waals surface area (Å²) < 4.78 is 0. The number of amides is 1. The molecule has 0 aliphatic heterocycles. The summed E-state index contributed by atoms with van der Waals surface area (Å²) in [4.78, 5) is 27.1. The Hall–Kier alpha value is -2.43. The normalized spacial score (nSPS) is 12.1. The molecule has 5 heteroatoms. The van der Waals surface area contributed by atoms with Gasteiger partial charge in [-0.3, -0.25) is 9.59 Å². The average molecular weight is 258 g/mol. The van der Waals surface area contributed by atoms with E-state index in [0.717, 1.165) is 5.39 Å². The molecule has 0 radical (unpaired) electrons.